The van der Waals surface area contributed by atoms with Gasteiger partial charge in [0.15, 0.2) is 0 Å². The van der Waals surface area contributed by atoms with Crippen LogP contribution in [0.4, 0.5) is 17.2 Å². The Kier molecular flexibility index (Phi) is 4.79. The maximum absolute atomic E-state index is 11.3. The van der Waals surface area contributed by atoms with Crippen LogP contribution in [-0.2, 0) is 4.79 Å². The van der Waals surface area contributed by atoms with Crippen LogP contribution < -0.4 is 10.6 Å². The third-order valence-corrected chi connectivity index (χ3v) is 5.46. The normalized spacial score (nSPS) is 10.8. The van der Waals surface area contributed by atoms with Crippen LogP contribution in [0.5, 0.6) is 0 Å². The topological polar surface area (TPSA) is 66.9 Å². The number of aryl methyl sites for hydroxylation is 2. The van der Waals surface area contributed by atoms with Gasteiger partial charge in [0, 0.05) is 28.7 Å². The van der Waals surface area contributed by atoms with Crippen molar-refractivity contribution in [1.29, 1.82) is 0 Å². The fourth-order valence-corrected chi connectivity index (χ4v) is 4.23. The minimum absolute atomic E-state index is 0.100. The lowest BCUT2D eigenvalue weighted by Crippen LogP contribution is -2.05. The summed E-state index contributed by atoms with van der Waals surface area (Å²) in [5.41, 5.74) is 5.12. The second-order valence-electron chi connectivity index (χ2n) is 6.69. The quantitative estimate of drug-likeness (QED) is 0.472. The van der Waals surface area contributed by atoms with Crippen molar-refractivity contribution in [3.05, 3.63) is 65.3 Å². The Labute approximate surface area is 167 Å². The molecule has 140 valence electrons. The number of nitrogens with zero attached hydrogens (tertiary/aromatic N) is 2. The molecule has 6 heteroatoms. The fourth-order valence-electron chi connectivity index (χ4n) is 3.22. The number of thiophene rings is 1. The summed E-state index contributed by atoms with van der Waals surface area (Å²) in [5.74, 6) is 0.654. The predicted octanol–water partition coefficient (Wildman–Crippen LogP) is 5.68. The first-order valence-corrected chi connectivity index (χ1v) is 9.79. The molecule has 1 amide bonds. The van der Waals surface area contributed by atoms with Crippen LogP contribution >= 0.6 is 11.3 Å². The molecule has 5 nitrogen and oxygen atoms in total. The number of amides is 1. The Bertz CT molecular complexity index is 1170. The summed E-state index contributed by atoms with van der Waals surface area (Å²) in [4.78, 5) is 22.5. The van der Waals surface area contributed by atoms with Crippen molar-refractivity contribution in [3.63, 3.8) is 0 Å². The highest BCUT2D eigenvalue weighted by molar-refractivity contribution is 7.19. The highest BCUT2D eigenvalue weighted by Gasteiger charge is 2.17. The van der Waals surface area contributed by atoms with Gasteiger partial charge in [-0.15, -0.1) is 11.3 Å². The fraction of sp³-hybridized carbons (Fsp3) is 0.136. The van der Waals surface area contributed by atoms with Gasteiger partial charge in [-0.25, -0.2) is 9.97 Å². The van der Waals surface area contributed by atoms with Crippen LogP contribution in [0.1, 0.15) is 17.4 Å². The highest BCUT2D eigenvalue weighted by Crippen LogP contribution is 2.41. The van der Waals surface area contributed by atoms with Crippen LogP contribution in [0.2, 0.25) is 0 Å². The SMILES string of the molecule is CC(=O)Nc1cccc(Nc2ncnc3sc(C)c(-c4ccc(C)cc4)c23)c1. The minimum atomic E-state index is -0.100. The molecule has 0 fully saturated rings. The summed E-state index contributed by atoms with van der Waals surface area (Å²) in [6.07, 6.45) is 1.58. The van der Waals surface area contributed by atoms with Gasteiger partial charge < -0.3 is 10.6 Å². The smallest absolute Gasteiger partial charge is 0.221 e. The molecule has 0 aliphatic carbocycles. The summed E-state index contributed by atoms with van der Waals surface area (Å²) in [7, 11) is 0. The second kappa shape index (κ2) is 7.40. The van der Waals surface area contributed by atoms with Crippen molar-refractivity contribution in [3.8, 4) is 11.1 Å². The molecular weight excluding hydrogens is 368 g/mol. The van der Waals surface area contributed by atoms with E-state index >= 15 is 0 Å². The summed E-state index contributed by atoms with van der Waals surface area (Å²) in [6.45, 7) is 5.69. The average molecular weight is 388 g/mol. The zero-order valence-corrected chi connectivity index (χ0v) is 16.7. The van der Waals surface area contributed by atoms with Gasteiger partial charge in [0.2, 0.25) is 5.91 Å². The maximum atomic E-state index is 11.3. The predicted molar refractivity (Wildman–Crippen MR) is 116 cm³/mol. The van der Waals surface area contributed by atoms with Crippen LogP contribution in [0.25, 0.3) is 21.3 Å². The lowest BCUT2D eigenvalue weighted by atomic mass is 10.0. The molecule has 0 bridgehead atoms. The van der Waals surface area contributed by atoms with Crippen LogP contribution in [-0.4, -0.2) is 15.9 Å². The van der Waals surface area contributed by atoms with Crippen molar-refractivity contribution in [1.82, 2.24) is 9.97 Å². The van der Waals surface area contributed by atoms with Crippen molar-refractivity contribution in [2.45, 2.75) is 20.8 Å². The van der Waals surface area contributed by atoms with E-state index in [-0.39, 0.29) is 5.91 Å². The van der Waals surface area contributed by atoms with E-state index < -0.39 is 0 Å². The number of rotatable bonds is 4. The number of nitrogens with one attached hydrogen (secondary N) is 2. The Morgan fingerprint density at radius 2 is 1.75 bits per heavy atom. The zero-order valence-electron chi connectivity index (χ0n) is 15.9. The monoisotopic (exact) mass is 388 g/mol. The number of benzene rings is 2. The van der Waals surface area contributed by atoms with Gasteiger partial charge in [0.25, 0.3) is 0 Å². The number of hydrogen-bond donors (Lipinski definition) is 2. The molecule has 0 spiro atoms. The Balaban J connectivity index is 1.80. The number of carbonyl (C=O) groups is 1. The minimum Gasteiger partial charge on any atom is -0.340 e. The van der Waals surface area contributed by atoms with Crippen LogP contribution in [0.15, 0.2) is 54.9 Å². The zero-order chi connectivity index (χ0) is 19.7. The first kappa shape index (κ1) is 18.1. The number of fused-ring (bicyclic) bond motifs is 1. The number of anilines is 3. The van der Waals surface area contributed by atoms with Gasteiger partial charge in [-0.1, -0.05) is 35.9 Å². The summed E-state index contributed by atoms with van der Waals surface area (Å²) >= 11 is 1.67. The molecule has 2 aromatic heterocycles. The van der Waals surface area contributed by atoms with E-state index in [4.69, 9.17) is 0 Å². The van der Waals surface area contributed by atoms with Crippen LogP contribution in [0.3, 0.4) is 0 Å². The molecule has 4 aromatic rings. The van der Waals surface area contributed by atoms with Gasteiger partial charge in [0.1, 0.15) is 17.0 Å². The molecule has 2 aromatic carbocycles. The maximum Gasteiger partial charge on any atom is 0.221 e. The molecule has 0 saturated heterocycles. The summed E-state index contributed by atoms with van der Waals surface area (Å²) < 4.78 is 0. The third-order valence-electron chi connectivity index (χ3n) is 4.45. The third kappa shape index (κ3) is 3.59. The Hall–Kier alpha value is -3.25. The summed E-state index contributed by atoms with van der Waals surface area (Å²) in [5, 5.41) is 7.22. The van der Waals surface area contributed by atoms with E-state index in [2.05, 4.69) is 58.7 Å². The van der Waals surface area contributed by atoms with E-state index in [1.807, 2.05) is 24.3 Å². The second-order valence-corrected chi connectivity index (χ2v) is 7.89. The van der Waals surface area contributed by atoms with Crippen molar-refractivity contribution < 1.29 is 4.79 Å². The van der Waals surface area contributed by atoms with E-state index in [9.17, 15) is 4.79 Å². The number of carbonyl (C=O) groups excluding carboxylic acids is 1. The molecule has 0 aliphatic rings. The molecule has 28 heavy (non-hydrogen) atoms. The van der Waals surface area contributed by atoms with E-state index in [1.54, 1.807) is 17.7 Å². The lowest BCUT2D eigenvalue weighted by Gasteiger charge is -2.11. The first-order chi connectivity index (χ1) is 13.5. The van der Waals surface area contributed by atoms with Gasteiger partial charge in [-0.05, 0) is 37.6 Å². The average Bonchev–Trinajstić information content (AvgIpc) is 2.99. The Morgan fingerprint density at radius 3 is 2.50 bits per heavy atom. The lowest BCUT2D eigenvalue weighted by molar-refractivity contribution is -0.114. The van der Waals surface area contributed by atoms with Gasteiger partial charge in [0.05, 0.1) is 5.39 Å². The van der Waals surface area contributed by atoms with Gasteiger partial charge in [-0.3, -0.25) is 4.79 Å². The molecule has 2 heterocycles. The van der Waals surface area contributed by atoms with Crippen molar-refractivity contribution in [2.75, 3.05) is 10.6 Å². The van der Waals surface area contributed by atoms with Crippen LogP contribution in [0, 0.1) is 13.8 Å². The standard InChI is InChI=1S/C22H20N4OS/c1-13-7-9-16(10-8-13)19-14(2)28-22-20(19)21(23-12-24-22)26-18-6-4-5-17(11-18)25-15(3)27/h4-12H,1-3H3,(H,25,27)(H,23,24,26). The number of aromatic nitrogens is 2. The molecule has 0 radical (unpaired) electrons. The van der Waals surface area contributed by atoms with E-state index in [0.29, 0.717) is 0 Å². The molecular formula is C22H20N4OS. The van der Waals surface area contributed by atoms with E-state index in [1.165, 1.54) is 17.4 Å². The molecule has 4 rings (SSSR count). The Morgan fingerprint density at radius 1 is 1.00 bits per heavy atom. The van der Waals surface area contributed by atoms with Crippen molar-refractivity contribution >= 4 is 44.7 Å². The largest absolute Gasteiger partial charge is 0.340 e. The van der Waals surface area contributed by atoms with Gasteiger partial charge >= 0.3 is 0 Å². The summed E-state index contributed by atoms with van der Waals surface area (Å²) in [6, 6.07) is 16.1. The molecule has 0 unspecified atom stereocenters. The van der Waals surface area contributed by atoms with E-state index in [0.717, 1.165) is 38.5 Å². The van der Waals surface area contributed by atoms with Crippen molar-refractivity contribution in [2.24, 2.45) is 0 Å². The molecule has 0 aliphatic heterocycles. The van der Waals surface area contributed by atoms with Gasteiger partial charge in [-0.2, -0.15) is 0 Å². The molecule has 0 saturated carbocycles. The first-order valence-electron chi connectivity index (χ1n) is 8.97. The number of hydrogen-bond acceptors (Lipinski definition) is 5. The highest BCUT2D eigenvalue weighted by atomic mass is 32.1. The molecule has 0 atom stereocenters. The molecule has 2 N–H and O–H groups in total.